The summed E-state index contributed by atoms with van der Waals surface area (Å²) >= 11 is 0. The van der Waals surface area contributed by atoms with Crippen LogP contribution in [0.5, 0.6) is 0 Å². The van der Waals surface area contributed by atoms with Crippen molar-refractivity contribution in [3.63, 3.8) is 0 Å². The van der Waals surface area contributed by atoms with Crippen LogP contribution >= 0.6 is 0 Å². The number of carbonyl (C=O) groups excluding carboxylic acids is 1. The van der Waals surface area contributed by atoms with Gasteiger partial charge in [-0.3, -0.25) is 4.79 Å². The van der Waals surface area contributed by atoms with Gasteiger partial charge in [0.05, 0.1) is 0 Å². The normalized spacial score (nSPS) is 10.3. The van der Waals surface area contributed by atoms with Crippen LogP contribution in [0.25, 0.3) is 0 Å². The van der Waals surface area contributed by atoms with Crippen molar-refractivity contribution in [3.05, 3.63) is 0 Å². The Morgan fingerprint density at radius 1 is 1.00 bits per heavy atom. The first kappa shape index (κ1) is 14.4. The maximum Gasteiger partial charge on any atom is 0.221 e. The Morgan fingerprint density at radius 3 is 2.40 bits per heavy atom. The lowest BCUT2D eigenvalue weighted by atomic mass is 10.1. The number of nitrogens with one attached hydrogen (secondary N) is 2. The van der Waals surface area contributed by atoms with Crippen LogP contribution in [0.3, 0.4) is 0 Å². The van der Waals surface area contributed by atoms with Crippen LogP contribution in [-0.2, 0) is 4.79 Å². The number of unbranched alkanes of at least 4 members (excludes halogenated alkanes) is 4. The molecule has 0 aliphatic rings. The number of hydrogen-bond acceptors (Lipinski definition) is 2. The SMILES string of the molecule is CCCCCCCNCCC(=O)NCC. The molecule has 0 rings (SSSR count). The van der Waals surface area contributed by atoms with E-state index in [1.165, 1.54) is 32.1 Å². The minimum Gasteiger partial charge on any atom is -0.356 e. The number of hydrogen-bond donors (Lipinski definition) is 2. The Bertz CT molecular complexity index is 149. The van der Waals surface area contributed by atoms with E-state index in [4.69, 9.17) is 0 Å². The monoisotopic (exact) mass is 214 g/mol. The molecule has 0 aromatic carbocycles. The molecule has 0 atom stereocenters. The van der Waals surface area contributed by atoms with Gasteiger partial charge in [0.2, 0.25) is 5.91 Å². The van der Waals surface area contributed by atoms with Crippen LogP contribution in [-0.4, -0.2) is 25.5 Å². The smallest absolute Gasteiger partial charge is 0.221 e. The minimum absolute atomic E-state index is 0.149. The average Bonchev–Trinajstić information content (AvgIpc) is 2.22. The molecule has 3 heteroatoms. The summed E-state index contributed by atoms with van der Waals surface area (Å²) in [5.74, 6) is 0.149. The average molecular weight is 214 g/mol. The first-order valence-electron chi connectivity index (χ1n) is 6.28. The van der Waals surface area contributed by atoms with Crippen LogP contribution in [0, 0.1) is 0 Å². The number of carbonyl (C=O) groups is 1. The van der Waals surface area contributed by atoms with Gasteiger partial charge in [0, 0.05) is 19.5 Å². The molecule has 15 heavy (non-hydrogen) atoms. The number of rotatable bonds is 10. The molecule has 3 nitrogen and oxygen atoms in total. The summed E-state index contributed by atoms with van der Waals surface area (Å²) in [4.78, 5) is 11.1. The molecule has 0 bridgehead atoms. The molecule has 2 N–H and O–H groups in total. The predicted molar refractivity (Wildman–Crippen MR) is 64.9 cm³/mol. The third-order valence-corrected chi connectivity index (χ3v) is 2.36. The lowest BCUT2D eigenvalue weighted by Gasteiger charge is -2.04. The van der Waals surface area contributed by atoms with E-state index in [9.17, 15) is 4.79 Å². The van der Waals surface area contributed by atoms with Gasteiger partial charge >= 0.3 is 0 Å². The highest BCUT2D eigenvalue weighted by molar-refractivity contribution is 5.75. The zero-order valence-corrected chi connectivity index (χ0v) is 10.3. The largest absolute Gasteiger partial charge is 0.356 e. The highest BCUT2D eigenvalue weighted by Crippen LogP contribution is 2.00. The van der Waals surface area contributed by atoms with Crippen LogP contribution < -0.4 is 10.6 Å². The molecule has 0 aliphatic heterocycles. The molecular formula is C12H26N2O. The lowest BCUT2D eigenvalue weighted by molar-refractivity contribution is -0.120. The molecule has 0 unspecified atom stereocenters. The molecular weight excluding hydrogens is 188 g/mol. The number of amides is 1. The molecule has 0 saturated heterocycles. The fraction of sp³-hybridized carbons (Fsp3) is 0.917. The molecule has 1 amide bonds. The first-order chi connectivity index (χ1) is 7.31. The second-order valence-electron chi connectivity index (χ2n) is 3.87. The summed E-state index contributed by atoms with van der Waals surface area (Å²) in [7, 11) is 0. The van der Waals surface area contributed by atoms with Crippen LogP contribution in [0.4, 0.5) is 0 Å². The predicted octanol–water partition coefficient (Wildman–Crippen LogP) is 2.07. The van der Waals surface area contributed by atoms with Gasteiger partial charge in [-0.15, -0.1) is 0 Å². The van der Waals surface area contributed by atoms with Crippen LogP contribution in [0.1, 0.15) is 52.4 Å². The summed E-state index contributed by atoms with van der Waals surface area (Å²) in [6, 6.07) is 0. The van der Waals surface area contributed by atoms with Crippen molar-refractivity contribution in [1.29, 1.82) is 0 Å². The quantitative estimate of drug-likeness (QED) is 0.547. The van der Waals surface area contributed by atoms with E-state index in [1.807, 2.05) is 6.92 Å². The molecule has 0 fully saturated rings. The van der Waals surface area contributed by atoms with E-state index in [-0.39, 0.29) is 5.91 Å². The third kappa shape index (κ3) is 11.4. The molecule has 0 spiro atoms. The van der Waals surface area contributed by atoms with Gasteiger partial charge in [0.15, 0.2) is 0 Å². The van der Waals surface area contributed by atoms with Gasteiger partial charge in [-0.05, 0) is 19.9 Å². The van der Waals surface area contributed by atoms with Crippen molar-refractivity contribution in [2.24, 2.45) is 0 Å². The Labute approximate surface area is 94.0 Å². The van der Waals surface area contributed by atoms with E-state index in [1.54, 1.807) is 0 Å². The van der Waals surface area contributed by atoms with Crippen molar-refractivity contribution in [3.8, 4) is 0 Å². The van der Waals surface area contributed by atoms with Crippen LogP contribution in [0.2, 0.25) is 0 Å². The second-order valence-corrected chi connectivity index (χ2v) is 3.87. The summed E-state index contributed by atoms with van der Waals surface area (Å²) in [5.41, 5.74) is 0. The van der Waals surface area contributed by atoms with E-state index < -0.39 is 0 Å². The summed E-state index contributed by atoms with van der Waals surface area (Å²) in [5, 5.41) is 6.08. The standard InChI is InChI=1S/C12H26N2O/c1-3-5-6-7-8-10-13-11-9-12(15)14-4-2/h13H,3-11H2,1-2H3,(H,14,15). The maximum atomic E-state index is 11.1. The highest BCUT2D eigenvalue weighted by atomic mass is 16.1. The molecule has 0 heterocycles. The Balaban J connectivity index is 3.01. The molecule has 0 saturated carbocycles. The van der Waals surface area contributed by atoms with Gasteiger partial charge < -0.3 is 10.6 Å². The Kier molecular flexibility index (Phi) is 11.1. The van der Waals surface area contributed by atoms with Crippen molar-refractivity contribution >= 4 is 5.91 Å². The van der Waals surface area contributed by atoms with Gasteiger partial charge in [-0.25, -0.2) is 0 Å². The summed E-state index contributed by atoms with van der Waals surface area (Å²) in [6.07, 6.45) is 7.12. The van der Waals surface area contributed by atoms with Crippen molar-refractivity contribution in [1.82, 2.24) is 10.6 Å². The zero-order chi connectivity index (χ0) is 11.4. The fourth-order valence-corrected chi connectivity index (χ4v) is 1.47. The highest BCUT2D eigenvalue weighted by Gasteiger charge is 1.97. The van der Waals surface area contributed by atoms with Gasteiger partial charge in [0.25, 0.3) is 0 Å². The lowest BCUT2D eigenvalue weighted by Crippen LogP contribution is -2.27. The first-order valence-corrected chi connectivity index (χ1v) is 6.28. The molecule has 0 aliphatic carbocycles. The topological polar surface area (TPSA) is 41.1 Å². The fourth-order valence-electron chi connectivity index (χ4n) is 1.47. The van der Waals surface area contributed by atoms with Crippen molar-refractivity contribution in [2.45, 2.75) is 52.4 Å². The van der Waals surface area contributed by atoms with E-state index >= 15 is 0 Å². The van der Waals surface area contributed by atoms with Gasteiger partial charge in [-0.2, -0.15) is 0 Å². The molecule has 0 aromatic rings. The summed E-state index contributed by atoms with van der Waals surface area (Å²) in [6.45, 7) is 6.75. The summed E-state index contributed by atoms with van der Waals surface area (Å²) < 4.78 is 0. The zero-order valence-electron chi connectivity index (χ0n) is 10.3. The van der Waals surface area contributed by atoms with Gasteiger partial charge in [-0.1, -0.05) is 32.6 Å². The van der Waals surface area contributed by atoms with E-state index in [0.717, 1.165) is 19.6 Å². The minimum atomic E-state index is 0.149. The third-order valence-electron chi connectivity index (χ3n) is 2.36. The maximum absolute atomic E-state index is 11.1. The van der Waals surface area contributed by atoms with E-state index in [2.05, 4.69) is 17.6 Å². The Morgan fingerprint density at radius 2 is 1.73 bits per heavy atom. The molecule has 0 aromatic heterocycles. The van der Waals surface area contributed by atoms with Crippen molar-refractivity contribution < 1.29 is 4.79 Å². The van der Waals surface area contributed by atoms with Crippen LogP contribution in [0.15, 0.2) is 0 Å². The molecule has 0 radical (unpaired) electrons. The Hall–Kier alpha value is -0.570. The van der Waals surface area contributed by atoms with Gasteiger partial charge in [0.1, 0.15) is 0 Å². The van der Waals surface area contributed by atoms with E-state index in [0.29, 0.717) is 6.42 Å². The second kappa shape index (κ2) is 11.5. The molecule has 90 valence electrons. The van der Waals surface area contributed by atoms with Crippen molar-refractivity contribution in [2.75, 3.05) is 19.6 Å².